The Morgan fingerprint density at radius 3 is 3.11 bits per heavy atom. The first-order valence-electron chi connectivity index (χ1n) is 5.01. The summed E-state index contributed by atoms with van der Waals surface area (Å²) in [5, 5.41) is 13.9. The molecule has 7 nitrogen and oxygen atoms in total. The summed E-state index contributed by atoms with van der Waals surface area (Å²) in [5.41, 5.74) is 13.7. The van der Waals surface area contributed by atoms with Crippen LogP contribution in [0.15, 0.2) is 20.9 Å². The molecule has 0 aromatic carbocycles. The van der Waals surface area contributed by atoms with Gasteiger partial charge in [-0.05, 0) is 17.0 Å². The summed E-state index contributed by atoms with van der Waals surface area (Å²) in [6.45, 7) is 0. The lowest BCUT2D eigenvalue weighted by molar-refractivity contribution is 0.249. The molecule has 0 radical (unpaired) electrons. The molecule has 2 heterocycles. The average Bonchev–Trinajstić information content (AvgIpc) is 2.95. The van der Waals surface area contributed by atoms with Crippen molar-refractivity contribution in [2.24, 2.45) is 10.8 Å². The summed E-state index contributed by atoms with van der Waals surface area (Å²) < 4.78 is 0.842. The molecule has 0 spiro atoms. The van der Waals surface area contributed by atoms with Gasteiger partial charge in [0.15, 0.2) is 4.34 Å². The van der Waals surface area contributed by atoms with Crippen LogP contribution < -0.4 is 16.9 Å². The van der Waals surface area contributed by atoms with Crippen molar-refractivity contribution in [2.75, 3.05) is 5.73 Å². The largest absolute Gasteiger partial charge is 0.374 e. The lowest BCUT2D eigenvalue weighted by atomic mass is 10.3. The number of aromatic nitrogens is 2. The van der Waals surface area contributed by atoms with E-state index in [0.29, 0.717) is 5.13 Å². The Morgan fingerprint density at radius 2 is 2.42 bits per heavy atom. The monoisotopic (exact) mass is 314 g/mol. The average molecular weight is 314 g/mol. The molecule has 0 aliphatic rings. The van der Waals surface area contributed by atoms with E-state index in [1.165, 1.54) is 22.7 Å². The number of rotatable bonds is 5. The number of nitrogens with one attached hydrogen (secondary N) is 1. The lowest BCUT2D eigenvalue weighted by Crippen LogP contribution is -2.24. The van der Waals surface area contributed by atoms with E-state index in [-0.39, 0.29) is 0 Å². The fraction of sp³-hybridized carbons (Fsp3) is 0.111. The number of carbonyl (C=O) groups excluding carboxylic acids is 1. The minimum absolute atomic E-state index is 0.471. The molecule has 0 saturated heterocycles. The van der Waals surface area contributed by atoms with Crippen molar-refractivity contribution in [3.05, 3.63) is 21.9 Å². The third-order valence-electron chi connectivity index (χ3n) is 1.82. The van der Waals surface area contributed by atoms with Gasteiger partial charge in [-0.25, -0.2) is 10.2 Å². The number of nitrogen functional groups attached to an aromatic ring is 1. The van der Waals surface area contributed by atoms with Gasteiger partial charge in [-0.15, -0.1) is 21.5 Å². The SMILES string of the molecule is NC(=O)N/N=C\c1cc(CSc2nnc(N)s2)cs1. The smallest absolute Gasteiger partial charge is 0.332 e. The normalized spacial score (nSPS) is 10.9. The highest BCUT2D eigenvalue weighted by molar-refractivity contribution is 8.00. The van der Waals surface area contributed by atoms with E-state index >= 15 is 0 Å². The molecule has 2 amide bonds. The molecule has 0 bridgehead atoms. The van der Waals surface area contributed by atoms with E-state index in [4.69, 9.17) is 11.5 Å². The van der Waals surface area contributed by atoms with Crippen LogP contribution in [-0.2, 0) is 5.75 Å². The van der Waals surface area contributed by atoms with Crippen LogP contribution in [0.5, 0.6) is 0 Å². The van der Waals surface area contributed by atoms with Gasteiger partial charge in [0, 0.05) is 10.6 Å². The molecule has 0 aliphatic carbocycles. The number of anilines is 1. The zero-order valence-electron chi connectivity index (χ0n) is 9.57. The fourth-order valence-electron chi connectivity index (χ4n) is 1.12. The summed E-state index contributed by atoms with van der Waals surface area (Å²) in [5.74, 6) is 0.780. The second kappa shape index (κ2) is 6.50. The molecule has 19 heavy (non-hydrogen) atoms. The first kappa shape index (κ1) is 13.8. The number of hydrogen-bond acceptors (Lipinski definition) is 8. The van der Waals surface area contributed by atoms with Gasteiger partial charge in [-0.1, -0.05) is 23.1 Å². The van der Waals surface area contributed by atoms with Gasteiger partial charge in [0.05, 0.1) is 6.21 Å². The minimum atomic E-state index is -0.683. The number of carbonyl (C=O) groups is 1. The first-order chi connectivity index (χ1) is 9.13. The van der Waals surface area contributed by atoms with Crippen LogP contribution >= 0.6 is 34.4 Å². The summed E-state index contributed by atoms with van der Waals surface area (Å²) in [6.07, 6.45) is 1.55. The highest BCUT2D eigenvalue weighted by Gasteiger charge is 2.04. The number of thiophene rings is 1. The topological polar surface area (TPSA) is 119 Å². The third kappa shape index (κ3) is 4.50. The summed E-state index contributed by atoms with van der Waals surface area (Å²) >= 11 is 4.47. The summed E-state index contributed by atoms with van der Waals surface area (Å²) in [4.78, 5) is 11.4. The van der Waals surface area contributed by atoms with Crippen LogP contribution in [0.3, 0.4) is 0 Å². The molecule has 0 saturated carbocycles. The number of thioether (sulfide) groups is 1. The summed E-state index contributed by atoms with van der Waals surface area (Å²) in [6, 6.07) is 1.30. The zero-order chi connectivity index (χ0) is 13.7. The van der Waals surface area contributed by atoms with E-state index in [1.54, 1.807) is 18.0 Å². The highest BCUT2D eigenvalue weighted by Crippen LogP contribution is 2.28. The number of amides is 2. The Hall–Kier alpha value is -1.65. The van der Waals surface area contributed by atoms with Crippen LogP contribution in [0.2, 0.25) is 0 Å². The second-order valence-electron chi connectivity index (χ2n) is 3.29. The Balaban J connectivity index is 1.87. The molecular formula is C9H10N6OS3. The molecule has 2 rings (SSSR count). The van der Waals surface area contributed by atoms with Gasteiger partial charge >= 0.3 is 6.03 Å². The van der Waals surface area contributed by atoms with Gasteiger partial charge in [0.25, 0.3) is 0 Å². The van der Waals surface area contributed by atoms with Crippen molar-refractivity contribution in [3.63, 3.8) is 0 Å². The Bertz CT molecular complexity index is 592. The number of hydrogen-bond donors (Lipinski definition) is 3. The molecule has 0 aliphatic heterocycles. The zero-order valence-corrected chi connectivity index (χ0v) is 12.0. The van der Waals surface area contributed by atoms with Gasteiger partial charge in [-0.3, -0.25) is 0 Å². The van der Waals surface area contributed by atoms with E-state index < -0.39 is 6.03 Å². The molecule has 100 valence electrons. The summed E-state index contributed by atoms with van der Waals surface area (Å²) in [7, 11) is 0. The fourth-order valence-corrected chi connectivity index (χ4v) is 3.56. The number of nitrogens with zero attached hydrogens (tertiary/aromatic N) is 3. The molecule has 0 unspecified atom stereocenters. The molecule has 10 heteroatoms. The van der Waals surface area contributed by atoms with Crippen LogP contribution in [0, 0.1) is 0 Å². The molecule has 5 N–H and O–H groups in total. The van der Waals surface area contributed by atoms with E-state index in [2.05, 4.69) is 20.7 Å². The molecule has 0 fully saturated rings. The van der Waals surface area contributed by atoms with Crippen molar-refractivity contribution < 1.29 is 4.79 Å². The quantitative estimate of drug-likeness (QED) is 0.438. The van der Waals surface area contributed by atoms with Crippen molar-refractivity contribution >= 4 is 51.8 Å². The Kier molecular flexibility index (Phi) is 4.71. The first-order valence-corrected chi connectivity index (χ1v) is 7.69. The standard InChI is InChI=1S/C9H10N6OS3/c10-7(16)13-12-2-6-1-5(3-17-6)4-18-9-15-14-8(11)19-9/h1-3H,4H2,(H2,11,14)(H3,10,13,16)/b12-2-. The third-order valence-corrected chi connectivity index (χ3v) is 4.70. The number of nitrogens with two attached hydrogens (primary N) is 2. The maximum Gasteiger partial charge on any atom is 0.332 e. The van der Waals surface area contributed by atoms with Crippen molar-refractivity contribution in [1.29, 1.82) is 0 Å². The number of hydrazone groups is 1. The van der Waals surface area contributed by atoms with Gasteiger partial charge < -0.3 is 11.5 Å². The van der Waals surface area contributed by atoms with E-state index in [1.807, 2.05) is 11.4 Å². The second-order valence-corrected chi connectivity index (χ2v) is 6.46. The van der Waals surface area contributed by atoms with E-state index in [9.17, 15) is 4.79 Å². The van der Waals surface area contributed by atoms with Crippen LogP contribution in [-0.4, -0.2) is 22.4 Å². The van der Waals surface area contributed by atoms with Gasteiger partial charge in [-0.2, -0.15) is 5.10 Å². The predicted molar refractivity (Wildman–Crippen MR) is 78.5 cm³/mol. The number of primary amides is 1. The Labute approximate surface area is 121 Å². The van der Waals surface area contributed by atoms with Crippen molar-refractivity contribution in [2.45, 2.75) is 10.1 Å². The van der Waals surface area contributed by atoms with Crippen molar-refractivity contribution in [3.8, 4) is 0 Å². The minimum Gasteiger partial charge on any atom is -0.374 e. The van der Waals surface area contributed by atoms with Crippen LogP contribution in [0.1, 0.15) is 10.4 Å². The molecule has 0 atom stereocenters. The molecule has 2 aromatic heterocycles. The van der Waals surface area contributed by atoms with Crippen LogP contribution in [0.4, 0.5) is 9.93 Å². The van der Waals surface area contributed by atoms with E-state index in [0.717, 1.165) is 20.5 Å². The van der Waals surface area contributed by atoms with Gasteiger partial charge in [0.1, 0.15) is 0 Å². The molecule has 2 aromatic rings. The maximum absolute atomic E-state index is 10.4. The molecular weight excluding hydrogens is 304 g/mol. The lowest BCUT2D eigenvalue weighted by Gasteiger charge is -1.92. The van der Waals surface area contributed by atoms with Crippen LogP contribution in [0.25, 0.3) is 0 Å². The Morgan fingerprint density at radius 1 is 1.58 bits per heavy atom. The maximum atomic E-state index is 10.4. The number of urea groups is 1. The van der Waals surface area contributed by atoms with Crippen molar-refractivity contribution in [1.82, 2.24) is 15.6 Å². The predicted octanol–water partition coefficient (Wildman–Crippen LogP) is 1.48. The highest BCUT2D eigenvalue weighted by atomic mass is 32.2. The van der Waals surface area contributed by atoms with Gasteiger partial charge in [0.2, 0.25) is 5.13 Å².